The van der Waals surface area contributed by atoms with Crippen LogP contribution in [0.2, 0.25) is 0 Å². The molecule has 3 heterocycles. The van der Waals surface area contributed by atoms with Crippen LogP contribution in [0.5, 0.6) is 0 Å². The molecule has 1 aromatic carbocycles. The van der Waals surface area contributed by atoms with Gasteiger partial charge < -0.3 is 15.1 Å². The van der Waals surface area contributed by atoms with E-state index in [4.69, 9.17) is 10.1 Å². The third-order valence-electron chi connectivity index (χ3n) is 6.01. The van der Waals surface area contributed by atoms with Crippen molar-refractivity contribution in [2.24, 2.45) is 0 Å². The number of aromatic nitrogens is 4. The van der Waals surface area contributed by atoms with Crippen molar-refractivity contribution in [2.45, 2.75) is 26.3 Å². The highest BCUT2D eigenvalue weighted by Crippen LogP contribution is 2.44. The number of pyridine rings is 1. The zero-order chi connectivity index (χ0) is 24.7. The highest BCUT2D eigenvalue weighted by atomic mass is 32.1. The molecule has 3 aromatic heterocycles. The fourth-order valence-corrected chi connectivity index (χ4v) is 5.69. The van der Waals surface area contributed by atoms with E-state index < -0.39 is 0 Å². The van der Waals surface area contributed by atoms with Gasteiger partial charge in [0.2, 0.25) is 5.91 Å². The average Bonchev–Trinajstić information content (AvgIpc) is 3.40. The summed E-state index contributed by atoms with van der Waals surface area (Å²) in [5.41, 5.74) is 8.57. The Balaban J connectivity index is 1.72. The van der Waals surface area contributed by atoms with Crippen LogP contribution in [-0.2, 0) is 24.2 Å². The number of fused-ring (bicyclic) bond motifs is 3. The molecule has 0 unspecified atom stereocenters. The van der Waals surface area contributed by atoms with Crippen molar-refractivity contribution in [2.75, 3.05) is 38.4 Å². The zero-order valence-corrected chi connectivity index (χ0v) is 21.5. The molecule has 0 atom stereocenters. The van der Waals surface area contributed by atoms with E-state index in [2.05, 4.69) is 72.6 Å². The minimum absolute atomic E-state index is 0.118. The van der Waals surface area contributed by atoms with Gasteiger partial charge in [0.15, 0.2) is 5.13 Å². The number of nitrogens with one attached hydrogen (secondary N) is 1. The van der Waals surface area contributed by atoms with Gasteiger partial charge in [0.1, 0.15) is 0 Å². The summed E-state index contributed by atoms with van der Waals surface area (Å²) in [4.78, 5) is 26.1. The second kappa shape index (κ2) is 9.24. The van der Waals surface area contributed by atoms with Crippen LogP contribution in [0.25, 0.3) is 27.5 Å². The summed E-state index contributed by atoms with van der Waals surface area (Å²) in [7, 11) is 8.29. The first-order valence-corrected chi connectivity index (χ1v) is 12.4. The minimum atomic E-state index is -0.118. The third kappa shape index (κ3) is 4.44. The first kappa shape index (κ1) is 23.2. The second-order valence-electron chi connectivity index (χ2n) is 9.25. The van der Waals surface area contributed by atoms with Crippen molar-refractivity contribution in [3.8, 4) is 27.5 Å². The monoisotopic (exact) mass is 487 g/mol. The summed E-state index contributed by atoms with van der Waals surface area (Å²) in [5.74, 6) is -0.118. The van der Waals surface area contributed by atoms with Crippen molar-refractivity contribution in [3.63, 3.8) is 0 Å². The van der Waals surface area contributed by atoms with E-state index in [1.807, 2.05) is 16.9 Å². The van der Waals surface area contributed by atoms with Crippen LogP contribution in [-0.4, -0.2) is 58.7 Å². The molecule has 8 nitrogen and oxygen atoms in total. The van der Waals surface area contributed by atoms with E-state index in [1.54, 1.807) is 6.20 Å². The summed E-state index contributed by atoms with van der Waals surface area (Å²) in [5, 5.41) is 8.62. The Kier molecular flexibility index (Phi) is 6.12. The van der Waals surface area contributed by atoms with E-state index in [9.17, 15) is 4.79 Å². The molecular formula is C26H29N7OS. The van der Waals surface area contributed by atoms with Crippen LogP contribution >= 0.6 is 11.3 Å². The minimum Gasteiger partial charge on any atom is -0.377 e. The lowest BCUT2D eigenvalue weighted by Crippen LogP contribution is -2.17. The molecule has 1 aliphatic rings. The zero-order valence-electron chi connectivity index (χ0n) is 20.7. The van der Waals surface area contributed by atoms with Crippen LogP contribution in [0.15, 0.2) is 42.7 Å². The lowest BCUT2D eigenvalue weighted by Gasteiger charge is -2.21. The maximum absolute atomic E-state index is 11.7. The summed E-state index contributed by atoms with van der Waals surface area (Å²) < 4.78 is 2.04. The lowest BCUT2D eigenvalue weighted by atomic mass is 9.95. The predicted molar refractivity (Wildman–Crippen MR) is 141 cm³/mol. The van der Waals surface area contributed by atoms with E-state index in [1.165, 1.54) is 29.4 Å². The van der Waals surface area contributed by atoms with Crippen LogP contribution < -0.4 is 10.2 Å². The first-order valence-electron chi connectivity index (χ1n) is 11.6. The molecule has 5 rings (SSSR count). The first-order chi connectivity index (χ1) is 16.8. The normalized spacial score (nSPS) is 12.4. The maximum atomic E-state index is 11.7. The standard InChI is InChI=1S/C26H29N7OS/c1-16(34)28-26-29-21-11-10-20-23(17-7-6-12-27-14-17)30-33(24(20)25(21)35-26)19-9-8-18(15-31(2)3)22(13-19)32(4)5/h6-9,12-14H,10-11,15H2,1-5H3,(H,28,29,34). The van der Waals surface area contributed by atoms with Gasteiger partial charge in [-0.2, -0.15) is 5.10 Å². The number of rotatable bonds is 6. The van der Waals surface area contributed by atoms with Gasteiger partial charge in [-0.3, -0.25) is 9.78 Å². The number of carbonyl (C=O) groups excluding carboxylic acids is 1. The lowest BCUT2D eigenvalue weighted by molar-refractivity contribution is -0.114. The Morgan fingerprint density at radius 3 is 2.69 bits per heavy atom. The average molecular weight is 488 g/mol. The Morgan fingerprint density at radius 1 is 1.17 bits per heavy atom. The Bertz CT molecular complexity index is 1390. The van der Waals surface area contributed by atoms with Gasteiger partial charge in [0.25, 0.3) is 0 Å². The van der Waals surface area contributed by atoms with Crippen LogP contribution in [0.3, 0.4) is 0 Å². The maximum Gasteiger partial charge on any atom is 0.223 e. The van der Waals surface area contributed by atoms with Gasteiger partial charge in [0.05, 0.1) is 27.6 Å². The number of anilines is 2. The number of benzene rings is 1. The number of amides is 1. The molecule has 1 amide bonds. The molecule has 0 saturated carbocycles. The highest BCUT2D eigenvalue weighted by molar-refractivity contribution is 7.19. The van der Waals surface area contributed by atoms with E-state index in [0.717, 1.165) is 58.3 Å². The Hall–Kier alpha value is -3.56. The Labute approximate surface area is 209 Å². The molecule has 0 radical (unpaired) electrons. The molecule has 0 saturated heterocycles. The molecule has 180 valence electrons. The quantitative estimate of drug-likeness (QED) is 0.438. The molecule has 0 fully saturated rings. The number of carbonyl (C=O) groups is 1. The highest BCUT2D eigenvalue weighted by Gasteiger charge is 2.30. The SMILES string of the molecule is CC(=O)Nc1nc2c(s1)-c1c(c(-c3cccnc3)nn1-c1ccc(CN(C)C)c(N(C)C)c1)CC2. The Morgan fingerprint density at radius 2 is 2.00 bits per heavy atom. The molecule has 1 N–H and O–H groups in total. The van der Waals surface area contributed by atoms with Crippen LogP contribution in [0, 0.1) is 0 Å². The van der Waals surface area contributed by atoms with Crippen molar-refractivity contribution in [3.05, 3.63) is 59.5 Å². The van der Waals surface area contributed by atoms with Crippen molar-refractivity contribution in [1.82, 2.24) is 24.6 Å². The fourth-order valence-electron chi connectivity index (χ4n) is 4.57. The van der Waals surface area contributed by atoms with Crippen molar-refractivity contribution in [1.29, 1.82) is 0 Å². The number of hydrogen-bond acceptors (Lipinski definition) is 7. The molecule has 1 aliphatic carbocycles. The number of thiazole rings is 1. The second-order valence-corrected chi connectivity index (χ2v) is 10.2. The fraction of sp³-hybridized carbons (Fsp3) is 0.308. The largest absolute Gasteiger partial charge is 0.377 e. The van der Waals surface area contributed by atoms with Gasteiger partial charge in [-0.05, 0) is 56.8 Å². The van der Waals surface area contributed by atoms with E-state index in [0.29, 0.717) is 5.13 Å². The smallest absolute Gasteiger partial charge is 0.223 e. The van der Waals surface area contributed by atoms with Gasteiger partial charge >= 0.3 is 0 Å². The molecular weight excluding hydrogens is 458 g/mol. The van der Waals surface area contributed by atoms with Crippen molar-refractivity contribution < 1.29 is 4.79 Å². The van der Waals surface area contributed by atoms with Gasteiger partial charge in [-0.1, -0.05) is 17.4 Å². The molecule has 0 spiro atoms. The van der Waals surface area contributed by atoms with Crippen LogP contribution in [0.1, 0.15) is 23.7 Å². The van der Waals surface area contributed by atoms with E-state index >= 15 is 0 Å². The number of nitrogens with zero attached hydrogens (tertiary/aromatic N) is 6. The van der Waals surface area contributed by atoms with Gasteiger partial charge in [-0.15, -0.1) is 0 Å². The molecule has 0 bridgehead atoms. The summed E-state index contributed by atoms with van der Waals surface area (Å²) in [6, 6.07) is 10.5. The van der Waals surface area contributed by atoms with Crippen LogP contribution in [0.4, 0.5) is 10.8 Å². The topological polar surface area (TPSA) is 79.2 Å². The van der Waals surface area contributed by atoms with Gasteiger partial charge in [-0.25, -0.2) is 9.67 Å². The van der Waals surface area contributed by atoms with E-state index in [-0.39, 0.29) is 5.91 Å². The summed E-state index contributed by atoms with van der Waals surface area (Å²) >= 11 is 1.51. The molecule has 35 heavy (non-hydrogen) atoms. The molecule has 0 aliphatic heterocycles. The summed E-state index contributed by atoms with van der Waals surface area (Å²) in [6.07, 6.45) is 5.28. The van der Waals surface area contributed by atoms with Crippen molar-refractivity contribution >= 4 is 28.1 Å². The predicted octanol–water partition coefficient (Wildman–Crippen LogP) is 4.24. The number of aryl methyl sites for hydroxylation is 1. The molecule has 9 heteroatoms. The molecule has 4 aromatic rings. The van der Waals surface area contributed by atoms with Gasteiger partial charge in [0, 0.05) is 56.8 Å². The summed E-state index contributed by atoms with van der Waals surface area (Å²) in [6.45, 7) is 2.36. The third-order valence-corrected chi connectivity index (χ3v) is 7.03. The number of hydrogen-bond donors (Lipinski definition) is 1.